The summed E-state index contributed by atoms with van der Waals surface area (Å²) in [6.45, 7) is 0.655. The smallest absolute Gasteiger partial charge is 0.338 e. The fourth-order valence-corrected chi connectivity index (χ4v) is 2.82. The Morgan fingerprint density at radius 3 is 2.46 bits per heavy atom. The second kappa shape index (κ2) is 8.60. The number of carbonyl (C=O) groups excluding carboxylic acids is 3. The van der Waals surface area contributed by atoms with Gasteiger partial charge in [-0.1, -0.05) is 12.1 Å². The van der Waals surface area contributed by atoms with Gasteiger partial charge < -0.3 is 15.0 Å². The summed E-state index contributed by atoms with van der Waals surface area (Å²) < 4.78 is 30.9. The number of likely N-dealkylation sites (tertiary alicyclic amines) is 1. The van der Waals surface area contributed by atoms with Gasteiger partial charge in [-0.15, -0.1) is 0 Å². The molecule has 0 aliphatic carbocycles. The number of nitrogens with one attached hydrogen (secondary N) is 1. The molecule has 1 fully saturated rings. The fourth-order valence-electron chi connectivity index (χ4n) is 2.82. The van der Waals surface area contributed by atoms with E-state index in [0.29, 0.717) is 13.0 Å². The lowest BCUT2D eigenvalue weighted by Crippen LogP contribution is -2.23. The highest BCUT2D eigenvalue weighted by Crippen LogP contribution is 2.15. The number of nitrogens with zero attached hydrogens (tertiary/aromatic N) is 1. The maximum Gasteiger partial charge on any atom is 0.338 e. The van der Waals surface area contributed by atoms with Crippen molar-refractivity contribution < 1.29 is 27.9 Å². The summed E-state index contributed by atoms with van der Waals surface area (Å²) >= 11 is 0. The lowest BCUT2D eigenvalue weighted by atomic mass is 10.1. The number of anilines is 1. The van der Waals surface area contributed by atoms with Crippen LogP contribution in [0.3, 0.4) is 0 Å². The zero-order valence-electron chi connectivity index (χ0n) is 14.9. The van der Waals surface area contributed by atoms with Gasteiger partial charge in [0.05, 0.1) is 5.56 Å². The first-order valence-electron chi connectivity index (χ1n) is 8.71. The highest BCUT2D eigenvalue weighted by Gasteiger charge is 2.20. The summed E-state index contributed by atoms with van der Waals surface area (Å²) in [5, 5.41) is 2.31. The Kier molecular flexibility index (Phi) is 5.98. The molecule has 146 valence electrons. The first kappa shape index (κ1) is 19.5. The highest BCUT2D eigenvalue weighted by atomic mass is 19.2. The molecule has 1 aliphatic heterocycles. The molecule has 0 bridgehead atoms. The van der Waals surface area contributed by atoms with Gasteiger partial charge in [0.25, 0.3) is 5.91 Å². The van der Waals surface area contributed by atoms with Crippen LogP contribution in [-0.2, 0) is 20.9 Å². The molecule has 3 rings (SSSR count). The molecule has 1 aliphatic rings. The molecule has 0 saturated carbocycles. The Morgan fingerprint density at radius 1 is 1.07 bits per heavy atom. The van der Waals surface area contributed by atoms with Crippen LogP contribution >= 0.6 is 0 Å². The van der Waals surface area contributed by atoms with E-state index in [1.54, 1.807) is 29.2 Å². The Morgan fingerprint density at radius 2 is 1.82 bits per heavy atom. The predicted octanol–water partition coefficient (Wildman–Crippen LogP) is 2.88. The van der Waals surface area contributed by atoms with E-state index in [0.717, 1.165) is 30.7 Å². The van der Waals surface area contributed by atoms with E-state index in [9.17, 15) is 23.2 Å². The maximum absolute atomic E-state index is 13.1. The Hall–Kier alpha value is -3.29. The zero-order valence-corrected chi connectivity index (χ0v) is 14.9. The largest absolute Gasteiger partial charge is 0.452 e. The van der Waals surface area contributed by atoms with Crippen molar-refractivity contribution in [2.24, 2.45) is 0 Å². The van der Waals surface area contributed by atoms with Crippen molar-refractivity contribution in [1.29, 1.82) is 0 Å². The lowest BCUT2D eigenvalue weighted by molar-refractivity contribution is -0.128. The van der Waals surface area contributed by atoms with E-state index in [2.05, 4.69) is 5.32 Å². The van der Waals surface area contributed by atoms with Gasteiger partial charge in [-0.25, -0.2) is 13.6 Å². The number of esters is 1. The number of rotatable bonds is 6. The molecule has 1 saturated heterocycles. The second-order valence-corrected chi connectivity index (χ2v) is 6.37. The number of ether oxygens (including phenoxy) is 1. The minimum Gasteiger partial charge on any atom is -0.452 e. The van der Waals surface area contributed by atoms with Crippen molar-refractivity contribution in [2.75, 3.05) is 18.5 Å². The van der Waals surface area contributed by atoms with Crippen molar-refractivity contribution in [1.82, 2.24) is 4.90 Å². The van der Waals surface area contributed by atoms with Crippen LogP contribution in [0.25, 0.3) is 0 Å². The quantitative estimate of drug-likeness (QED) is 0.772. The first-order chi connectivity index (χ1) is 13.4. The van der Waals surface area contributed by atoms with Crippen LogP contribution in [0.5, 0.6) is 0 Å². The van der Waals surface area contributed by atoms with Gasteiger partial charge >= 0.3 is 5.97 Å². The van der Waals surface area contributed by atoms with E-state index in [4.69, 9.17) is 4.74 Å². The molecular formula is C20H18F2N2O4. The van der Waals surface area contributed by atoms with Crippen molar-refractivity contribution in [3.05, 3.63) is 65.2 Å². The minimum absolute atomic E-state index is 0.0563. The van der Waals surface area contributed by atoms with Crippen LogP contribution in [0, 0.1) is 11.6 Å². The maximum atomic E-state index is 13.1. The minimum atomic E-state index is -1.09. The molecular weight excluding hydrogens is 370 g/mol. The summed E-state index contributed by atoms with van der Waals surface area (Å²) in [6.07, 6.45) is 1.42. The third-order valence-corrected chi connectivity index (χ3v) is 4.27. The first-order valence-corrected chi connectivity index (χ1v) is 8.71. The summed E-state index contributed by atoms with van der Waals surface area (Å²) in [6, 6.07) is 9.49. The number of hydrogen-bond acceptors (Lipinski definition) is 4. The molecule has 1 heterocycles. The van der Waals surface area contributed by atoms with Crippen molar-refractivity contribution >= 4 is 23.5 Å². The normalized spacial score (nSPS) is 13.5. The second-order valence-electron chi connectivity index (χ2n) is 6.37. The van der Waals surface area contributed by atoms with Crippen molar-refractivity contribution in [3.63, 3.8) is 0 Å². The summed E-state index contributed by atoms with van der Waals surface area (Å²) in [7, 11) is 0. The molecule has 2 amide bonds. The molecule has 28 heavy (non-hydrogen) atoms. The van der Waals surface area contributed by atoms with Crippen LogP contribution in [0.1, 0.15) is 28.8 Å². The molecule has 6 nitrogen and oxygen atoms in total. The average Bonchev–Trinajstić information content (AvgIpc) is 3.08. The highest BCUT2D eigenvalue weighted by molar-refractivity contribution is 5.95. The Balaban J connectivity index is 1.49. The van der Waals surface area contributed by atoms with Gasteiger partial charge in [0, 0.05) is 31.3 Å². The monoisotopic (exact) mass is 388 g/mol. The summed E-state index contributed by atoms with van der Waals surface area (Å²) in [5.41, 5.74) is 1.21. The van der Waals surface area contributed by atoms with Crippen LogP contribution in [0.4, 0.5) is 14.5 Å². The third kappa shape index (κ3) is 4.91. The number of halogens is 2. The summed E-state index contributed by atoms with van der Waals surface area (Å²) in [5.74, 6) is -3.37. The van der Waals surface area contributed by atoms with Gasteiger partial charge in [0.15, 0.2) is 18.2 Å². The lowest BCUT2D eigenvalue weighted by Gasteiger charge is -2.15. The molecule has 0 atom stereocenters. The van der Waals surface area contributed by atoms with E-state index in [-0.39, 0.29) is 17.2 Å². The van der Waals surface area contributed by atoms with Gasteiger partial charge in [0.1, 0.15) is 0 Å². The SMILES string of the molecule is O=C(COC(=O)c1ccc(CN2CCCC2=O)cc1)Nc1ccc(F)c(F)c1. The van der Waals surface area contributed by atoms with Crippen LogP contribution < -0.4 is 5.32 Å². The summed E-state index contributed by atoms with van der Waals surface area (Å²) in [4.78, 5) is 37.2. The molecule has 0 aromatic heterocycles. The third-order valence-electron chi connectivity index (χ3n) is 4.27. The van der Waals surface area contributed by atoms with Crippen LogP contribution in [0.2, 0.25) is 0 Å². The van der Waals surface area contributed by atoms with Crippen LogP contribution in [0.15, 0.2) is 42.5 Å². The molecule has 0 radical (unpaired) electrons. The predicted molar refractivity (Wildman–Crippen MR) is 96.4 cm³/mol. The fraction of sp³-hybridized carbons (Fsp3) is 0.250. The van der Waals surface area contributed by atoms with Gasteiger partial charge in [-0.3, -0.25) is 9.59 Å². The Bertz CT molecular complexity index is 900. The number of hydrogen-bond donors (Lipinski definition) is 1. The van der Waals surface area contributed by atoms with E-state index in [1.165, 1.54) is 6.07 Å². The molecule has 8 heteroatoms. The topological polar surface area (TPSA) is 75.7 Å². The zero-order chi connectivity index (χ0) is 20.1. The number of carbonyl (C=O) groups is 3. The van der Waals surface area contributed by atoms with Gasteiger partial charge in [-0.2, -0.15) is 0 Å². The molecule has 1 N–H and O–H groups in total. The standard InChI is InChI=1S/C20H18F2N2O4/c21-16-8-7-15(10-17(16)22)23-18(25)12-28-20(27)14-5-3-13(4-6-14)11-24-9-1-2-19(24)26/h3-8,10H,1-2,9,11-12H2,(H,23,25). The molecule has 0 unspecified atom stereocenters. The van der Waals surface area contributed by atoms with Crippen molar-refractivity contribution in [3.8, 4) is 0 Å². The van der Waals surface area contributed by atoms with E-state index < -0.39 is 30.1 Å². The molecule has 2 aromatic carbocycles. The van der Waals surface area contributed by atoms with E-state index in [1.807, 2.05) is 0 Å². The van der Waals surface area contributed by atoms with E-state index >= 15 is 0 Å². The van der Waals surface area contributed by atoms with Crippen LogP contribution in [-0.4, -0.2) is 35.8 Å². The molecule has 2 aromatic rings. The average molecular weight is 388 g/mol. The molecule has 0 spiro atoms. The Labute approximate surface area is 160 Å². The van der Waals surface area contributed by atoms with Gasteiger partial charge in [0.2, 0.25) is 5.91 Å². The number of amides is 2. The van der Waals surface area contributed by atoms with Gasteiger partial charge in [-0.05, 0) is 36.2 Å². The number of benzene rings is 2. The van der Waals surface area contributed by atoms with Crippen molar-refractivity contribution in [2.45, 2.75) is 19.4 Å².